The van der Waals surface area contributed by atoms with Gasteiger partial charge in [0.1, 0.15) is 6.17 Å². The van der Waals surface area contributed by atoms with E-state index in [2.05, 4.69) is 14.7 Å². The van der Waals surface area contributed by atoms with Crippen LogP contribution in [-0.4, -0.2) is 42.3 Å². The van der Waals surface area contributed by atoms with Gasteiger partial charge in [0.15, 0.2) is 0 Å². The Labute approximate surface area is 123 Å². The molecule has 0 bridgehead atoms. The number of anilines is 1. The van der Waals surface area contributed by atoms with E-state index in [4.69, 9.17) is 0 Å². The van der Waals surface area contributed by atoms with E-state index in [1.807, 2.05) is 0 Å². The van der Waals surface area contributed by atoms with Gasteiger partial charge in [-0.15, -0.1) is 0 Å². The first-order chi connectivity index (χ1) is 10.3. The summed E-state index contributed by atoms with van der Waals surface area (Å²) in [5, 5.41) is 0. The van der Waals surface area contributed by atoms with Crippen molar-refractivity contribution < 1.29 is 27.1 Å². The number of esters is 1. The van der Waals surface area contributed by atoms with Gasteiger partial charge in [-0.3, -0.25) is 0 Å². The topological polar surface area (TPSA) is 55.3 Å². The summed E-state index contributed by atoms with van der Waals surface area (Å²) in [5.74, 6) is -0.621. The lowest BCUT2D eigenvalue weighted by atomic mass is 10.0. The third-order valence-corrected chi connectivity index (χ3v) is 3.21. The predicted molar refractivity (Wildman–Crippen MR) is 68.9 cm³/mol. The van der Waals surface area contributed by atoms with Crippen molar-refractivity contribution in [2.24, 2.45) is 0 Å². The second-order valence-electron chi connectivity index (χ2n) is 4.68. The first-order valence-electron chi connectivity index (χ1n) is 6.38. The van der Waals surface area contributed by atoms with Crippen molar-refractivity contribution in [2.75, 3.05) is 25.1 Å². The number of hydrogen-bond acceptors (Lipinski definition) is 5. The second kappa shape index (κ2) is 6.29. The van der Waals surface area contributed by atoms with Crippen molar-refractivity contribution in [3.8, 4) is 0 Å². The van der Waals surface area contributed by atoms with Crippen LogP contribution in [0.2, 0.25) is 0 Å². The van der Waals surface area contributed by atoms with Crippen molar-refractivity contribution in [3.63, 3.8) is 0 Å². The average Bonchev–Trinajstić information content (AvgIpc) is 2.48. The fourth-order valence-corrected chi connectivity index (χ4v) is 2.01. The molecule has 2 heterocycles. The molecule has 0 amide bonds. The highest BCUT2D eigenvalue weighted by Gasteiger charge is 2.32. The second-order valence-corrected chi connectivity index (χ2v) is 4.68. The zero-order chi connectivity index (χ0) is 16.3. The summed E-state index contributed by atoms with van der Waals surface area (Å²) >= 11 is 0. The van der Waals surface area contributed by atoms with Gasteiger partial charge in [0.25, 0.3) is 0 Å². The molecular weight excluding hydrogens is 306 g/mol. The van der Waals surface area contributed by atoms with Crippen LogP contribution < -0.4 is 4.90 Å². The first-order valence-corrected chi connectivity index (χ1v) is 6.38. The Morgan fingerprint density at radius 3 is 2.55 bits per heavy atom. The molecule has 1 atom stereocenters. The van der Waals surface area contributed by atoms with Gasteiger partial charge >= 0.3 is 12.1 Å². The molecule has 2 rings (SSSR count). The predicted octanol–water partition coefficient (Wildman–Crippen LogP) is 2.14. The molecule has 1 aliphatic heterocycles. The molecule has 1 aromatic heterocycles. The van der Waals surface area contributed by atoms with Gasteiger partial charge < -0.3 is 9.64 Å². The Kier molecular flexibility index (Phi) is 4.62. The van der Waals surface area contributed by atoms with E-state index in [0.717, 1.165) is 6.08 Å². The summed E-state index contributed by atoms with van der Waals surface area (Å²) in [6.07, 6.45) is -3.29. The molecule has 1 saturated heterocycles. The lowest BCUT2D eigenvalue weighted by Crippen LogP contribution is -2.39. The molecule has 1 unspecified atom stereocenters. The highest BCUT2D eigenvalue weighted by atomic mass is 19.4. The molecule has 9 heteroatoms. The highest BCUT2D eigenvalue weighted by molar-refractivity contribution is 5.82. The number of hydrogen-bond donors (Lipinski definition) is 0. The van der Waals surface area contributed by atoms with Gasteiger partial charge in [-0.05, 0) is 12.0 Å². The highest BCUT2D eigenvalue weighted by Crippen LogP contribution is 2.29. The van der Waals surface area contributed by atoms with Crippen LogP contribution in [0, 0.1) is 0 Å². The zero-order valence-corrected chi connectivity index (χ0v) is 11.6. The summed E-state index contributed by atoms with van der Waals surface area (Å²) in [6, 6.07) is 0. The maximum absolute atomic E-state index is 14.0. The number of aromatic nitrogens is 2. The number of ether oxygens (including phenoxy) is 1. The molecule has 22 heavy (non-hydrogen) atoms. The number of piperidine rings is 1. The quantitative estimate of drug-likeness (QED) is 0.475. The normalized spacial score (nSPS) is 21.0. The fourth-order valence-electron chi connectivity index (χ4n) is 2.01. The van der Waals surface area contributed by atoms with Crippen LogP contribution in [0.1, 0.15) is 12.0 Å². The monoisotopic (exact) mass is 319 g/mol. The minimum atomic E-state index is -4.51. The number of carbonyl (C=O) groups is 1. The minimum Gasteiger partial charge on any atom is -0.466 e. The van der Waals surface area contributed by atoms with E-state index in [-0.39, 0.29) is 24.5 Å². The maximum Gasteiger partial charge on any atom is 0.419 e. The Morgan fingerprint density at radius 2 is 2.05 bits per heavy atom. The molecule has 0 saturated carbocycles. The fraction of sp³-hybridized carbons (Fsp3) is 0.462. The maximum atomic E-state index is 14.0. The van der Waals surface area contributed by atoms with E-state index >= 15 is 0 Å². The van der Waals surface area contributed by atoms with Crippen LogP contribution in [-0.2, 0) is 15.7 Å². The zero-order valence-electron chi connectivity index (χ0n) is 11.6. The van der Waals surface area contributed by atoms with Crippen LogP contribution >= 0.6 is 0 Å². The molecule has 1 aliphatic rings. The Morgan fingerprint density at radius 1 is 1.41 bits per heavy atom. The molecule has 120 valence electrons. The first kappa shape index (κ1) is 16.2. The minimum absolute atomic E-state index is 0.0211. The summed E-state index contributed by atoms with van der Waals surface area (Å²) < 4.78 is 55.7. The van der Waals surface area contributed by atoms with Gasteiger partial charge in [0.05, 0.1) is 19.2 Å². The standard InChI is InChI=1S/C13H13F4N3O2/c1-22-11(21)4-8-2-3-20(7-10(8)14)12-18-5-9(6-19-12)13(15,16)17/h4-6,10H,2-3,7H2,1H3/b8-4-. The molecule has 0 aromatic carbocycles. The number of alkyl halides is 4. The van der Waals surface area contributed by atoms with E-state index in [1.54, 1.807) is 0 Å². The largest absolute Gasteiger partial charge is 0.466 e. The van der Waals surface area contributed by atoms with Crippen molar-refractivity contribution in [3.05, 3.63) is 29.6 Å². The smallest absolute Gasteiger partial charge is 0.419 e. The Hall–Kier alpha value is -2.19. The van der Waals surface area contributed by atoms with Gasteiger partial charge in [-0.25, -0.2) is 19.2 Å². The van der Waals surface area contributed by atoms with Crippen LogP contribution in [0.5, 0.6) is 0 Å². The third-order valence-electron chi connectivity index (χ3n) is 3.21. The molecule has 0 spiro atoms. The van der Waals surface area contributed by atoms with Gasteiger partial charge in [-0.2, -0.15) is 13.2 Å². The molecule has 0 N–H and O–H groups in total. The summed E-state index contributed by atoms with van der Waals surface area (Å²) in [5.41, 5.74) is -0.675. The van der Waals surface area contributed by atoms with E-state index in [0.29, 0.717) is 18.9 Å². The van der Waals surface area contributed by atoms with E-state index in [1.165, 1.54) is 12.0 Å². The Balaban J connectivity index is 2.07. The summed E-state index contributed by atoms with van der Waals surface area (Å²) in [7, 11) is 1.19. The molecular formula is C13H13F4N3O2. The number of carbonyl (C=O) groups excluding carboxylic acids is 1. The summed E-state index contributed by atoms with van der Waals surface area (Å²) in [4.78, 5) is 19.8. The lowest BCUT2D eigenvalue weighted by Gasteiger charge is -2.30. The van der Waals surface area contributed by atoms with Gasteiger partial charge in [0, 0.05) is 25.0 Å². The molecule has 1 fully saturated rings. The molecule has 1 aromatic rings. The molecule has 5 nitrogen and oxygen atoms in total. The van der Waals surface area contributed by atoms with Crippen LogP contribution in [0.4, 0.5) is 23.5 Å². The Bertz CT molecular complexity index is 572. The van der Waals surface area contributed by atoms with Gasteiger partial charge in [0.2, 0.25) is 5.95 Å². The van der Waals surface area contributed by atoms with Crippen molar-refractivity contribution in [1.29, 1.82) is 0 Å². The van der Waals surface area contributed by atoms with Gasteiger partial charge in [-0.1, -0.05) is 0 Å². The van der Waals surface area contributed by atoms with Crippen molar-refractivity contribution >= 4 is 11.9 Å². The van der Waals surface area contributed by atoms with E-state index in [9.17, 15) is 22.4 Å². The number of nitrogens with zero attached hydrogens (tertiary/aromatic N) is 3. The lowest BCUT2D eigenvalue weighted by molar-refractivity contribution is -0.138. The van der Waals surface area contributed by atoms with Crippen LogP contribution in [0.15, 0.2) is 24.0 Å². The third kappa shape index (κ3) is 3.71. The summed E-state index contributed by atoms with van der Waals surface area (Å²) in [6.45, 7) is 0.169. The molecule has 0 aliphatic carbocycles. The average molecular weight is 319 g/mol. The SMILES string of the molecule is COC(=O)/C=C1/CCN(c2ncc(C(F)(F)F)cn2)CC1F. The van der Waals surface area contributed by atoms with Crippen LogP contribution in [0.25, 0.3) is 0 Å². The van der Waals surface area contributed by atoms with Crippen LogP contribution in [0.3, 0.4) is 0 Å². The van der Waals surface area contributed by atoms with Crippen molar-refractivity contribution in [1.82, 2.24) is 9.97 Å². The van der Waals surface area contributed by atoms with Crippen molar-refractivity contribution in [2.45, 2.75) is 18.8 Å². The molecule has 0 radical (unpaired) electrons. The number of methoxy groups -OCH3 is 1. The number of rotatable bonds is 2. The van der Waals surface area contributed by atoms with E-state index < -0.39 is 23.9 Å². The number of halogens is 4.